The molecule has 1 unspecified atom stereocenters. The normalized spacial score (nSPS) is 21.6. The fraction of sp³-hybridized carbons (Fsp3) is 0.500. The molecular weight excluding hydrogens is 410 g/mol. The first-order valence-electron chi connectivity index (χ1n) is 11.1. The Bertz CT molecular complexity index is 1070. The predicted molar refractivity (Wildman–Crippen MR) is 116 cm³/mol. The van der Waals surface area contributed by atoms with Crippen LogP contribution >= 0.6 is 0 Å². The molecule has 0 spiro atoms. The topological polar surface area (TPSA) is 121 Å². The molecule has 3 aliphatic heterocycles. The number of imide groups is 1. The van der Waals surface area contributed by atoms with Gasteiger partial charge in [-0.25, -0.2) is 4.68 Å². The van der Waals surface area contributed by atoms with Crippen molar-refractivity contribution >= 4 is 23.7 Å². The molecule has 0 saturated carbocycles. The quantitative estimate of drug-likeness (QED) is 0.588. The van der Waals surface area contributed by atoms with Crippen LogP contribution in [0.3, 0.4) is 0 Å². The van der Waals surface area contributed by atoms with E-state index in [1.807, 2.05) is 25.2 Å². The van der Waals surface area contributed by atoms with Crippen LogP contribution in [0.2, 0.25) is 0 Å². The van der Waals surface area contributed by atoms with E-state index in [1.54, 1.807) is 9.58 Å². The Morgan fingerprint density at radius 1 is 1.16 bits per heavy atom. The number of hydrogen-bond acceptors (Lipinski definition) is 7. The van der Waals surface area contributed by atoms with Crippen molar-refractivity contribution in [2.45, 2.75) is 50.7 Å². The van der Waals surface area contributed by atoms with Crippen LogP contribution < -0.4 is 16.0 Å². The van der Waals surface area contributed by atoms with E-state index < -0.39 is 11.9 Å². The van der Waals surface area contributed by atoms with Crippen molar-refractivity contribution in [3.05, 3.63) is 40.7 Å². The molecule has 168 valence electrons. The zero-order valence-electron chi connectivity index (χ0n) is 18.1. The number of anilines is 1. The Morgan fingerprint density at radius 3 is 2.75 bits per heavy atom. The van der Waals surface area contributed by atoms with E-state index in [0.717, 1.165) is 48.8 Å². The number of benzene rings is 1. The molecule has 0 aliphatic carbocycles. The lowest BCUT2D eigenvalue weighted by atomic mass is 9.98. The summed E-state index contributed by atoms with van der Waals surface area (Å²) in [5.41, 5.74) is 2.53. The Balaban J connectivity index is 1.25. The second-order valence-electron chi connectivity index (χ2n) is 8.69. The maximum absolute atomic E-state index is 12.8. The molecule has 1 atom stereocenters. The molecule has 4 heterocycles. The van der Waals surface area contributed by atoms with Gasteiger partial charge < -0.3 is 15.5 Å². The van der Waals surface area contributed by atoms with Gasteiger partial charge in [0.05, 0.1) is 0 Å². The maximum Gasteiger partial charge on any atom is 0.255 e. The smallest absolute Gasteiger partial charge is 0.255 e. The number of nitrogens with zero attached hydrogens (tertiary/aromatic N) is 4. The number of aryl methyl sites for hydroxylation is 1. The summed E-state index contributed by atoms with van der Waals surface area (Å²) in [6.45, 7) is 2.92. The number of carbonyl (C=O) groups is 3. The van der Waals surface area contributed by atoms with Gasteiger partial charge in [-0.2, -0.15) is 10.1 Å². The molecule has 32 heavy (non-hydrogen) atoms. The SMILES string of the molecule is Cn1nc(C2CCNCC2)nc1NCc1ccc2c(c1)CN(C1CCC(=O)NC1=O)C2=O. The van der Waals surface area contributed by atoms with Gasteiger partial charge in [0.15, 0.2) is 5.82 Å². The molecule has 10 heteroatoms. The van der Waals surface area contributed by atoms with Crippen molar-refractivity contribution < 1.29 is 14.4 Å². The van der Waals surface area contributed by atoms with Gasteiger partial charge in [0.25, 0.3) is 5.91 Å². The highest BCUT2D eigenvalue weighted by Crippen LogP contribution is 2.28. The Labute approximate surface area is 185 Å². The first kappa shape index (κ1) is 20.6. The first-order valence-corrected chi connectivity index (χ1v) is 11.1. The van der Waals surface area contributed by atoms with Crippen LogP contribution in [0.1, 0.15) is 58.9 Å². The van der Waals surface area contributed by atoms with E-state index in [4.69, 9.17) is 4.98 Å². The minimum absolute atomic E-state index is 0.158. The Hall–Kier alpha value is -3.27. The van der Waals surface area contributed by atoms with E-state index in [1.165, 1.54) is 0 Å². The molecule has 3 N–H and O–H groups in total. The number of amides is 3. The van der Waals surface area contributed by atoms with Crippen molar-refractivity contribution in [3.63, 3.8) is 0 Å². The zero-order valence-corrected chi connectivity index (χ0v) is 18.1. The van der Waals surface area contributed by atoms with Gasteiger partial charge in [0.1, 0.15) is 6.04 Å². The summed E-state index contributed by atoms with van der Waals surface area (Å²) in [5.74, 6) is 1.17. The van der Waals surface area contributed by atoms with E-state index in [-0.39, 0.29) is 18.2 Å². The van der Waals surface area contributed by atoms with Crippen molar-refractivity contribution in [1.29, 1.82) is 0 Å². The van der Waals surface area contributed by atoms with Crippen molar-refractivity contribution in [2.75, 3.05) is 18.4 Å². The monoisotopic (exact) mass is 437 g/mol. The van der Waals surface area contributed by atoms with Crippen LogP contribution in [0.5, 0.6) is 0 Å². The summed E-state index contributed by atoms with van der Waals surface area (Å²) in [6, 6.07) is 5.14. The molecule has 1 aromatic heterocycles. The van der Waals surface area contributed by atoms with Crippen LogP contribution in [0.25, 0.3) is 0 Å². The van der Waals surface area contributed by atoms with Crippen LogP contribution in [-0.2, 0) is 29.7 Å². The van der Waals surface area contributed by atoms with Gasteiger partial charge in [0.2, 0.25) is 17.8 Å². The Kier molecular flexibility index (Phi) is 5.38. The highest BCUT2D eigenvalue weighted by molar-refractivity contribution is 6.05. The van der Waals surface area contributed by atoms with Gasteiger partial charge in [-0.15, -0.1) is 0 Å². The fourth-order valence-corrected chi connectivity index (χ4v) is 4.73. The third-order valence-corrected chi connectivity index (χ3v) is 6.52. The van der Waals surface area contributed by atoms with Crippen LogP contribution in [0.15, 0.2) is 18.2 Å². The summed E-state index contributed by atoms with van der Waals surface area (Å²) in [4.78, 5) is 42.7. The third kappa shape index (κ3) is 3.86. The molecular formula is C22H27N7O3. The van der Waals surface area contributed by atoms with Gasteiger partial charge in [-0.05, 0) is 49.5 Å². The minimum Gasteiger partial charge on any atom is -0.350 e. The molecule has 2 aromatic rings. The van der Waals surface area contributed by atoms with Crippen molar-refractivity contribution in [3.8, 4) is 0 Å². The molecule has 3 aliphatic rings. The summed E-state index contributed by atoms with van der Waals surface area (Å²) in [7, 11) is 1.89. The van der Waals surface area contributed by atoms with Crippen molar-refractivity contribution in [2.24, 2.45) is 7.05 Å². The Morgan fingerprint density at radius 2 is 1.97 bits per heavy atom. The van der Waals surface area contributed by atoms with E-state index in [9.17, 15) is 14.4 Å². The molecule has 2 saturated heterocycles. The number of rotatable bonds is 5. The number of carbonyl (C=O) groups excluding carboxylic acids is 3. The molecule has 0 bridgehead atoms. The van der Waals surface area contributed by atoms with E-state index in [0.29, 0.717) is 31.0 Å². The zero-order chi connectivity index (χ0) is 22.2. The average molecular weight is 438 g/mol. The van der Waals surface area contributed by atoms with Crippen molar-refractivity contribution in [1.82, 2.24) is 30.3 Å². The van der Waals surface area contributed by atoms with Gasteiger partial charge in [-0.1, -0.05) is 12.1 Å². The van der Waals surface area contributed by atoms with Crippen LogP contribution in [-0.4, -0.2) is 56.5 Å². The fourth-order valence-electron chi connectivity index (χ4n) is 4.73. The lowest BCUT2D eigenvalue weighted by molar-refractivity contribution is -0.136. The number of piperidine rings is 2. The summed E-state index contributed by atoms with van der Waals surface area (Å²) < 4.78 is 1.78. The van der Waals surface area contributed by atoms with Gasteiger partial charge >= 0.3 is 0 Å². The van der Waals surface area contributed by atoms with E-state index in [2.05, 4.69) is 21.0 Å². The lowest BCUT2D eigenvalue weighted by Crippen LogP contribution is -2.52. The van der Waals surface area contributed by atoms with Crippen LogP contribution in [0, 0.1) is 0 Å². The lowest BCUT2D eigenvalue weighted by Gasteiger charge is -2.29. The molecule has 0 radical (unpaired) electrons. The van der Waals surface area contributed by atoms with Gasteiger partial charge in [-0.3, -0.25) is 19.7 Å². The average Bonchev–Trinajstić information content (AvgIpc) is 3.32. The maximum atomic E-state index is 12.8. The highest BCUT2D eigenvalue weighted by atomic mass is 16.2. The summed E-state index contributed by atoms with van der Waals surface area (Å²) >= 11 is 0. The molecule has 1 aromatic carbocycles. The third-order valence-electron chi connectivity index (χ3n) is 6.52. The first-order chi connectivity index (χ1) is 15.5. The van der Waals surface area contributed by atoms with Gasteiger partial charge in [0, 0.05) is 38.0 Å². The largest absolute Gasteiger partial charge is 0.350 e. The predicted octanol–water partition coefficient (Wildman–Crippen LogP) is 0.655. The number of hydrogen-bond donors (Lipinski definition) is 3. The number of nitrogens with one attached hydrogen (secondary N) is 3. The minimum atomic E-state index is -0.596. The standard InChI is InChI=1S/C22H27N7O3/c1-28-22(26-19(27-28)14-6-8-23-9-7-14)24-11-13-2-3-16-15(10-13)12-29(21(16)32)17-4-5-18(30)25-20(17)31/h2-3,10,14,17,23H,4-9,11-12H2,1H3,(H,24,26,27)(H,25,30,31). The second kappa shape index (κ2) is 8.34. The molecule has 3 amide bonds. The second-order valence-corrected chi connectivity index (χ2v) is 8.69. The highest BCUT2D eigenvalue weighted by Gasteiger charge is 2.39. The number of aromatic nitrogens is 3. The summed E-state index contributed by atoms with van der Waals surface area (Å²) in [5, 5.41) is 13.6. The van der Waals surface area contributed by atoms with Crippen LogP contribution in [0.4, 0.5) is 5.95 Å². The van der Waals surface area contributed by atoms with E-state index >= 15 is 0 Å². The number of fused-ring (bicyclic) bond motifs is 1. The molecule has 2 fully saturated rings. The summed E-state index contributed by atoms with van der Waals surface area (Å²) in [6.07, 6.45) is 2.71. The molecule has 10 nitrogen and oxygen atoms in total. The molecule has 5 rings (SSSR count).